The van der Waals surface area contributed by atoms with E-state index >= 15 is 0 Å². The zero-order valence-corrected chi connectivity index (χ0v) is 13.8. The summed E-state index contributed by atoms with van der Waals surface area (Å²) in [6.45, 7) is 2.88. The molecule has 2 aliphatic carbocycles. The summed E-state index contributed by atoms with van der Waals surface area (Å²) in [6.07, 6.45) is 14.0. The van der Waals surface area contributed by atoms with Crippen LogP contribution in [-0.4, -0.2) is 22.0 Å². The van der Waals surface area contributed by atoms with E-state index in [0.717, 1.165) is 31.6 Å². The summed E-state index contributed by atoms with van der Waals surface area (Å²) in [7, 11) is 0. The van der Waals surface area contributed by atoms with Crippen molar-refractivity contribution in [1.29, 1.82) is 0 Å². The first-order valence-corrected chi connectivity index (χ1v) is 9.06. The van der Waals surface area contributed by atoms with Crippen molar-refractivity contribution in [3.05, 3.63) is 17.7 Å². The minimum Gasteiger partial charge on any atom is -0.355 e. The van der Waals surface area contributed by atoms with E-state index in [9.17, 15) is 4.79 Å². The van der Waals surface area contributed by atoms with E-state index in [1.54, 1.807) is 0 Å². The number of carbonyl (C=O) groups is 1. The van der Waals surface area contributed by atoms with Crippen LogP contribution in [0.1, 0.15) is 75.3 Å². The lowest BCUT2D eigenvalue weighted by atomic mass is 9.95. The smallest absolute Gasteiger partial charge is 0.223 e. The topological polar surface area (TPSA) is 46.9 Å². The van der Waals surface area contributed by atoms with Gasteiger partial charge in [0.2, 0.25) is 5.91 Å². The van der Waals surface area contributed by atoms with Gasteiger partial charge in [-0.05, 0) is 32.6 Å². The molecular weight excluding hydrogens is 274 g/mol. The summed E-state index contributed by atoms with van der Waals surface area (Å²) < 4.78 is 2.43. The van der Waals surface area contributed by atoms with E-state index in [-0.39, 0.29) is 11.8 Å². The molecule has 122 valence electrons. The van der Waals surface area contributed by atoms with Gasteiger partial charge in [-0.15, -0.1) is 0 Å². The second kappa shape index (κ2) is 7.30. The molecule has 1 heterocycles. The molecule has 0 unspecified atom stereocenters. The van der Waals surface area contributed by atoms with Gasteiger partial charge in [-0.25, -0.2) is 4.98 Å². The van der Waals surface area contributed by atoms with Gasteiger partial charge in [0.1, 0.15) is 5.82 Å². The first kappa shape index (κ1) is 15.6. The van der Waals surface area contributed by atoms with Crippen LogP contribution in [-0.2, 0) is 11.2 Å². The molecule has 0 aromatic carbocycles. The maximum absolute atomic E-state index is 12.1. The maximum atomic E-state index is 12.1. The van der Waals surface area contributed by atoms with Crippen molar-refractivity contribution >= 4 is 5.91 Å². The Kier molecular flexibility index (Phi) is 5.16. The van der Waals surface area contributed by atoms with Crippen LogP contribution in [0.3, 0.4) is 0 Å². The Balaban J connectivity index is 1.55. The molecule has 0 saturated heterocycles. The van der Waals surface area contributed by atoms with Crippen LogP contribution >= 0.6 is 0 Å². The number of nitrogens with one attached hydrogen (secondary N) is 1. The Hall–Kier alpha value is -1.32. The lowest BCUT2D eigenvalue weighted by Crippen LogP contribution is -2.31. The van der Waals surface area contributed by atoms with Crippen molar-refractivity contribution in [3.8, 4) is 0 Å². The first-order chi connectivity index (χ1) is 10.8. The summed E-state index contributed by atoms with van der Waals surface area (Å²) in [6, 6.07) is 0.622. The van der Waals surface area contributed by atoms with Gasteiger partial charge in [-0.1, -0.05) is 32.1 Å². The van der Waals surface area contributed by atoms with E-state index in [1.165, 1.54) is 50.6 Å². The largest absolute Gasteiger partial charge is 0.355 e. The molecule has 1 aromatic heterocycles. The third kappa shape index (κ3) is 3.53. The second-order valence-electron chi connectivity index (χ2n) is 7.00. The highest BCUT2D eigenvalue weighted by atomic mass is 16.1. The lowest BCUT2D eigenvalue weighted by molar-refractivity contribution is -0.124. The summed E-state index contributed by atoms with van der Waals surface area (Å²) >= 11 is 0. The van der Waals surface area contributed by atoms with Crippen LogP contribution in [0.5, 0.6) is 0 Å². The number of nitrogens with zero attached hydrogens (tertiary/aromatic N) is 2. The van der Waals surface area contributed by atoms with Gasteiger partial charge in [-0.3, -0.25) is 4.79 Å². The summed E-state index contributed by atoms with van der Waals surface area (Å²) in [5.41, 5.74) is 1.27. The number of carbonyl (C=O) groups excluding carboxylic acids is 1. The average molecular weight is 303 g/mol. The lowest BCUT2D eigenvalue weighted by Gasteiger charge is -2.26. The number of hydrogen-bond donors (Lipinski definition) is 1. The van der Waals surface area contributed by atoms with Gasteiger partial charge in [0.15, 0.2) is 0 Å². The molecule has 0 atom stereocenters. The van der Waals surface area contributed by atoms with Crippen molar-refractivity contribution in [2.24, 2.45) is 5.92 Å². The summed E-state index contributed by atoms with van der Waals surface area (Å²) in [5, 5.41) is 3.12. The maximum Gasteiger partial charge on any atom is 0.223 e. The zero-order chi connectivity index (χ0) is 15.4. The fraction of sp³-hybridized carbons (Fsp3) is 0.778. The van der Waals surface area contributed by atoms with Crippen molar-refractivity contribution < 1.29 is 4.79 Å². The number of hydrogen-bond acceptors (Lipinski definition) is 2. The Morgan fingerprint density at radius 3 is 2.59 bits per heavy atom. The van der Waals surface area contributed by atoms with Crippen molar-refractivity contribution in [2.75, 3.05) is 6.54 Å². The Bertz CT molecular complexity index is 496. The molecule has 0 aliphatic heterocycles. The molecule has 22 heavy (non-hydrogen) atoms. The monoisotopic (exact) mass is 303 g/mol. The molecular formula is C18H29N3O. The van der Waals surface area contributed by atoms with Gasteiger partial charge in [0.25, 0.3) is 0 Å². The Labute approximate surface area is 133 Å². The third-order valence-electron chi connectivity index (χ3n) is 5.37. The highest BCUT2D eigenvalue weighted by Crippen LogP contribution is 2.30. The van der Waals surface area contributed by atoms with Crippen LogP contribution in [0.15, 0.2) is 6.20 Å². The molecule has 1 aromatic rings. The predicted molar refractivity (Wildman–Crippen MR) is 87.8 cm³/mol. The standard InChI is InChI=1S/C18H29N3O/c1-14-13-20-17(21(14)16-9-3-2-4-10-16)11-12-19-18(22)15-7-5-6-8-15/h13,15-16H,2-12H2,1H3,(H,19,22). The Morgan fingerprint density at radius 2 is 1.86 bits per heavy atom. The quantitative estimate of drug-likeness (QED) is 0.904. The predicted octanol–water partition coefficient (Wildman–Crippen LogP) is 3.55. The zero-order valence-electron chi connectivity index (χ0n) is 13.8. The summed E-state index contributed by atoms with van der Waals surface area (Å²) in [5.74, 6) is 1.67. The fourth-order valence-corrected chi connectivity index (χ4v) is 4.15. The van der Waals surface area contributed by atoms with Crippen LogP contribution in [0.25, 0.3) is 0 Å². The molecule has 1 N–H and O–H groups in total. The minimum absolute atomic E-state index is 0.255. The van der Waals surface area contributed by atoms with E-state index in [1.807, 2.05) is 6.20 Å². The fourth-order valence-electron chi connectivity index (χ4n) is 4.15. The molecule has 2 fully saturated rings. The van der Waals surface area contributed by atoms with Crippen LogP contribution < -0.4 is 5.32 Å². The molecule has 2 aliphatic rings. The third-order valence-corrected chi connectivity index (χ3v) is 5.37. The highest BCUT2D eigenvalue weighted by molar-refractivity contribution is 5.78. The molecule has 0 bridgehead atoms. The van der Waals surface area contributed by atoms with E-state index in [4.69, 9.17) is 0 Å². The average Bonchev–Trinajstić information content (AvgIpc) is 3.18. The number of aryl methyl sites for hydroxylation is 1. The van der Waals surface area contributed by atoms with Crippen molar-refractivity contribution in [2.45, 2.75) is 77.2 Å². The van der Waals surface area contributed by atoms with Crippen LogP contribution in [0.2, 0.25) is 0 Å². The van der Waals surface area contributed by atoms with Crippen molar-refractivity contribution in [3.63, 3.8) is 0 Å². The number of amides is 1. The minimum atomic E-state index is 0.255. The number of rotatable bonds is 5. The molecule has 0 spiro atoms. The number of aromatic nitrogens is 2. The molecule has 1 amide bonds. The Morgan fingerprint density at radius 1 is 1.18 bits per heavy atom. The molecule has 2 saturated carbocycles. The second-order valence-corrected chi connectivity index (χ2v) is 7.00. The van der Waals surface area contributed by atoms with Gasteiger partial charge in [0, 0.05) is 36.8 Å². The van der Waals surface area contributed by atoms with Gasteiger partial charge in [0.05, 0.1) is 0 Å². The van der Waals surface area contributed by atoms with Gasteiger partial charge in [-0.2, -0.15) is 0 Å². The molecule has 3 rings (SSSR count). The van der Waals surface area contributed by atoms with Crippen LogP contribution in [0.4, 0.5) is 0 Å². The first-order valence-electron chi connectivity index (χ1n) is 9.06. The SMILES string of the molecule is Cc1cnc(CCNC(=O)C2CCCC2)n1C1CCCCC1. The van der Waals surface area contributed by atoms with Crippen LogP contribution in [0, 0.1) is 12.8 Å². The summed E-state index contributed by atoms with van der Waals surface area (Å²) in [4.78, 5) is 16.7. The number of imidazole rings is 1. The normalized spacial score (nSPS) is 20.4. The van der Waals surface area contributed by atoms with Gasteiger partial charge >= 0.3 is 0 Å². The molecule has 0 radical (unpaired) electrons. The van der Waals surface area contributed by atoms with E-state index in [0.29, 0.717) is 6.04 Å². The van der Waals surface area contributed by atoms with Gasteiger partial charge < -0.3 is 9.88 Å². The molecule has 4 heteroatoms. The molecule has 4 nitrogen and oxygen atoms in total. The van der Waals surface area contributed by atoms with E-state index in [2.05, 4.69) is 21.8 Å². The van der Waals surface area contributed by atoms with E-state index < -0.39 is 0 Å². The van der Waals surface area contributed by atoms with Crippen molar-refractivity contribution in [1.82, 2.24) is 14.9 Å². The highest BCUT2D eigenvalue weighted by Gasteiger charge is 2.23.